The number of nitrogens with one attached hydrogen (secondary N) is 2. The lowest BCUT2D eigenvalue weighted by molar-refractivity contribution is -0.892. The second-order valence-electron chi connectivity index (χ2n) is 7.55. The fraction of sp³-hybridized carbons (Fsp3) is 0.435. The summed E-state index contributed by atoms with van der Waals surface area (Å²) in [6.07, 6.45) is 0.898. The minimum atomic E-state index is 0.0908. The molecule has 0 bridgehead atoms. The average molecular weight is 383 g/mol. The number of benzene rings is 2. The maximum Gasteiger partial charge on any atom is 0.275 e. The lowest BCUT2D eigenvalue weighted by atomic mass is 10.0. The topological polar surface area (TPSA) is 46.0 Å². The number of rotatable bonds is 7. The van der Waals surface area contributed by atoms with Gasteiger partial charge in [0.2, 0.25) is 0 Å². The van der Waals surface area contributed by atoms with E-state index in [1.807, 2.05) is 12.1 Å². The first-order valence-electron chi connectivity index (χ1n) is 10.2. The number of hydrogen-bond acceptors (Lipinski definition) is 3. The summed E-state index contributed by atoms with van der Waals surface area (Å²) in [4.78, 5) is 16.3. The van der Waals surface area contributed by atoms with Gasteiger partial charge >= 0.3 is 0 Å². The second-order valence-corrected chi connectivity index (χ2v) is 7.55. The summed E-state index contributed by atoms with van der Waals surface area (Å²) in [6, 6.07) is 16.7. The van der Waals surface area contributed by atoms with Crippen LogP contribution < -0.4 is 19.9 Å². The number of quaternary nitrogens is 1. The van der Waals surface area contributed by atoms with Crippen LogP contribution in [0.4, 0.5) is 5.69 Å². The average Bonchev–Trinajstić information content (AvgIpc) is 2.73. The number of amides is 1. The van der Waals surface area contributed by atoms with E-state index in [1.54, 1.807) is 7.11 Å². The van der Waals surface area contributed by atoms with E-state index in [2.05, 4.69) is 60.5 Å². The number of hydrogen-bond donors (Lipinski definition) is 2. The summed E-state index contributed by atoms with van der Waals surface area (Å²) in [5.74, 6) is 1.02. The zero-order valence-electron chi connectivity index (χ0n) is 17.2. The number of piperazine rings is 1. The van der Waals surface area contributed by atoms with E-state index in [0.29, 0.717) is 6.54 Å². The molecule has 0 aromatic heterocycles. The molecule has 1 amide bonds. The summed E-state index contributed by atoms with van der Waals surface area (Å²) in [7, 11) is 1.68. The normalized spacial score (nSPS) is 15.9. The SMILES string of the molecule is CC[C@@H](NC(=O)C[NH+]1CCN(c2ccc(OC)cc2)CC1)c1ccc(C)cc1. The van der Waals surface area contributed by atoms with Crippen molar-refractivity contribution in [1.29, 1.82) is 0 Å². The fourth-order valence-electron chi connectivity index (χ4n) is 3.74. The molecule has 0 radical (unpaired) electrons. The molecule has 1 aliphatic rings. The summed E-state index contributed by atoms with van der Waals surface area (Å²) in [6.45, 7) is 8.61. The Bertz CT molecular complexity index is 750. The number of methoxy groups -OCH3 is 1. The second kappa shape index (κ2) is 9.60. The largest absolute Gasteiger partial charge is 0.497 e. The van der Waals surface area contributed by atoms with Crippen molar-refractivity contribution in [3.63, 3.8) is 0 Å². The van der Waals surface area contributed by atoms with Crippen molar-refractivity contribution < 1.29 is 14.4 Å². The number of ether oxygens (including phenoxy) is 1. The van der Waals surface area contributed by atoms with Crippen LogP contribution in [0.5, 0.6) is 5.75 Å². The summed E-state index contributed by atoms with van der Waals surface area (Å²) < 4.78 is 5.23. The third-order valence-corrected chi connectivity index (χ3v) is 5.54. The maximum absolute atomic E-state index is 12.6. The highest BCUT2D eigenvalue weighted by molar-refractivity contribution is 5.77. The number of nitrogens with zero attached hydrogens (tertiary/aromatic N) is 1. The highest BCUT2D eigenvalue weighted by Gasteiger charge is 2.23. The first-order chi connectivity index (χ1) is 13.6. The van der Waals surface area contributed by atoms with Crippen molar-refractivity contribution in [1.82, 2.24) is 5.32 Å². The van der Waals surface area contributed by atoms with Crippen LogP contribution in [0.3, 0.4) is 0 Å². The van der Waals surface area contributed by atoms with Crippen LogP contribution in [0.15, 0.2) is 48.5 Å². The summed E-state index contributed by atoms with van der Waals surface area (Å²) >= 11 is 0. The summed E-state index contributed by atoms with van der Waals surface area (Å²) in [5.41, 5.74) is 3.64. The Labute approximate surface area is 168 Å². The molecule has 0 saturated carbocycles. The van der Waals surface area contributed by atoms with Crippen molar-refractivity contribution in [3.05, 3.63) is 59.7 Å². The van der Waals surface area contributed by atoms with Gasteiger partial charge in [0.1, 0.15) is 5.75 Å². The third kappa shape index (κ3) is 5.26. The van der Waals surface area contributed by atoms with Gasteiger partial charge in [0, 0.05) is 5.69 Å². The lowest BCUT2D eigenvalue weighted by Crippen LogP contribution is -3.16. The van der Waals surface area contributed by atoms with Gasteiger partial charge in [-0.05, 0) is 43.2 Å². The fourth-order valence-corrected chi connectivity index (χ4v) is 3.74. The number of carbonyl (C=O) groups is 1. The van der Waals surface area contributed by atoms with Gasteiger partial charge in [0.15, 0.2) is 6.54 Å². The van der Waals surface area contributed by atoms with Gasteiger partial charge in [-0.2, -0.15) is 0 Å². The monoisotopic (exact) mass is 382 g/mol. The first kappa shape index (κ1) is 20.2. The van der Waals surface area contributed by atoms with Gasteiger partial charge in [-0.3, -0.25) is 4.79 Å². The molecule has 1 saturated heterocycles. The van der Waals surface area contributed by atoms with E-state index in [1.165, 1.54) is 21.7 Å². The molecule has 2 aromatic rings. The van der Waals surface area contributed by atoms with Crippen LogP contribution in [-0.2, 0) is 4.79 Å². The molecule has 0 spiro atoms. The van der Waals surface area contributed by atoms with Crippen molar-refractivity contribution in [2.24, 2.45) is 0 Å². The molecule has 0 aliphatic carbocycles. The minimum absolute atomic E-state index is 0.0908. The number of aryl methyl sites for hydroxylation is 1. The van der Waals surface area contributed by atoms with Gasteiger partial charge in [-0.15, -0.1) is 0 Å². The van der Waals surface area contributed by atoms with Gasteiger partial charge in [-0.1, -0.05) is 36.8 Å². The van der Waals surface area contributed by atoms with E-state index in [4.69, 9.17) is 4.74 Å². The molecule has 150 valence electrons. The van der Waals surface area contributed by atoms with Crippen molar-refractivity contribution in [3.8, 4) is 5.75 Å². The van der Waals surface area contributed by atoms with Crippen LogP contribution in [0.2, 0.25) is 0 Å². The third-order valence-electron chi connectivity index (χ3n) is 5.54. The van der Waals surface area contributed by atoms with Crippen LogP contribution >= 0.6 is 0 Å². The molecule has 1 fully saturated rings. The van der Waals surface area contributed by atoms with E-state index >= 15 is 0 Å². The van der Waals surface area contributed by atoms with Gasteiger partial charge in [-0.25, -0.2) is 0 Å². The van der Waals surface area contributed by atoms with Crippen LogP contribution in [0.1, 0.15) is 30.5 Å². The molecule has 2 N–H and O–H groups in total. The smallest absolute Gasteiger partial charge is 0.275 e. The molecular weight excluding hydrogens is 350 g/mol. The Kier molecular flexibility index (Phi) is 6.93. The van der Waals surface area contributed by atoms with Gasteiger partial charge < -0.3 is 19.9 Å². The molecule has 1 atom stereocenters. The quantitative estimate of drug-likeness (QED) is 0.770. The molecule has 1 aliphatic heterocycles. The Hall–Kier alpha value is -2.53. The highest BCUT2D eigenvalue weighted by atomic mass is 16.5. The van der Waals surface area contributed by atoms with Crippen molar-refractivity contribution >= 4 is 11.6 Å². The standard InChI is InChI=1S/C23H31N3O2/c1-4-22(19-7-5-18(2)6-8-19)24-23(27)17-25-13-15-26(16-14-25)20-9-11-21(28-3)12-10-20/h5-12,22H,4,13-17H2,1-3H3,(H,24,27)/p+1/t22-/m1/s1. The lowest BCUT2D eigenvalue weighted by Gasteiger charge is -2.33. The zero-order valence-corrected chi connectivity index (χ0v) is 17.2. The van der Waals surface area contributed by atoms with E-state index in [-0.39, 0.29) is 11.9 Å². The van der Waals surface area contributed by atoms with Crippen molar-refractivity contribution in [2.75, 3.05) is 44.7 Å². The number of carbonyl (C=O) groups excluding carboxylic acids is 1. The minimum Gasteiger partial charge on any atom is -0.497 e. The predicted octanol–water partition coefficient (Wildman–Crippen LogP) is 1.98. The van der Waals surface area contributed by atoms with E-state index in [0.717, 1.165) is 38.3 Å². The molecular formula is C23H32N3O2+. The molecule has 3 rings (SSSR count). The van der Waals surface area contributed by atoms with Gasteiger partial charge in [0.05, 0.1) is 39.3 Å². The molecule has 5 nitrogen and oxygen atoms in total. The zero-order chi connectivity index (χ0) is 19.9. The maximum atomic E-state index is 12.6. The molecule has 28 heavy (non-hydrogen) atoms. The van der Waals surface area contributed by atoms with Crippen LogP contribution in [0.25, 0.3) is 0 Å². The Balaban J connectivity index is 1.48. The Morgan fingerprint density at radius 2 is 1.75 bits per heavy atom. The van der Waals surface area contributed by atoms with E-state index < -0.39 is 0 Å². The summed E-state index contributed by atoms with van der Waals surface area (Å²) in [5, 5.41) is 3.22. The Morgan fingerprint density at radius 3 is 2.32 bits per heavy atom. The number of anilines is 1. The molecule has 5 heteroatoms. The predicted molar refractivity (Wildman–Crippen MR) is 113 cm³/mol. The van der Waals surface area contributed by atoms with Gasteiger partial charge in [0.25, 0.3) is 5.91 Å². The molecule has 0 unspecified atom stereocenters. The van der Waals surface area contributed by atoms with E-state index in [9.17, 15) is 4.79 Å². The first-order valence-corrected chi connectivity index (χ1v) is 10.2. The highest BCUT2D eigenvalue weighted by Crippen LogP contribution is 2.19. The van der Waals surface area contributed by atoms with Crippen LogP contribution in [-0.4, -0.2) is 45.7 Å². The molecule has 2 aromatic carbocycles. The van der Waals surface area contributed by atoms with Crippen LogP contribution in [0, 0.1) is 6.92 Å². The Morgan fingerprint density at radius 1 is 1.11 bits per heavy atom. The van der Waals surface area contributed by atoms with Crippen molar-refractivity contribution in [2.45, 2.75) is 26.3 Å². The molecule has 1 heterocycles.